The highest BCUT2D eigenvalue weighted by atomic mass is 35.5. The number of carbonyl (C=O) groups is 1. The molecule has 0 radical (unpaired) electrons. The molecule has 2 aromatic rings. The van der Waals surface area contributed by atoms with E-state index in [0.29, 0.717) is 6.07 Å². The quantitative estimate of drug-likeness (QED) is 0.442. The van der Waals surface area contributed by atoms with E-state index in [1.807, 2.05) is 0 Å². The van der Waals surface area contributed by atoms with Gasteiger partial charge in [0.05, 0.1) is 11.0 Å². The lowest BCUT2D eigenvalue weighted by atomic mass is 9.80. The number of halogens is 2. The normalized spacial score (nSPS) is 10.3. The summed E-state index contributed by atoms with van der Waals surface area (Å²) in [7, 11) is -1.79. The van der Waals surface area contributed by atoms with Gasteiger partial charge in [-0.15, -0.1) is 0 Å². The molecule has 0 aliphatic rings. The van der Waals surface area contributed by atoms with Crippen molar-refractivity contribution in [3.63, 3.8) is 0 Å². The molecule has 0 spiro atoms. The Labute approximate surface area is 134 Å². The van der Waals surface area contributed by atoms with E-state index in [1.165, 1.54) is 18.2 Å². The summed E-state index contributed by atoms with van der Waals surface area (Å²) < 4.78 is 13.1. The summed E-state index contributed by atoms with van der Waals surface area (Å²) >= 11 is 5.82. The summed E-state index contributed by atoms with van der Waals surface area (Å²) in [5, 5.41) is 31.2. The molecule has 0 bridgehead atoms. The minimum atomic E-state index is -1.79. The van der Waals surface area contributed by atoms with Crippen molar-refractivity contribution >= 4 is 41.5 Å². The molecule has 0 heterocycles. The van der Waals surface area contributed by atoms with Crippen molar-refractivity contribution in [2.75, 3.05) is 5.32 Å². The van der Waals surface area contributed by atoms with Crippen LogP contribution in [0.25, 0.3) is 0 Å². The van der Waals surface area contributed by atoms with Gasteiger partial charge in [0.15, 0.2) is 0 Å². The van der Waals surface area contributed by atoms with Crippen LogP contribution in [-0.4, -0.2) is 28.0 Å². The Morgan fingerprint density at radius 1 is 1.26 bits per heavy atom. The molecule has 0 aliphatic carbocycles. The zero-order valence-electron chi connectivity index (χ0n) is 11.4. The van der Waals surface area contributed by atoms with Gasteiger partial charge in [0.25, 0.3) is 11.6 Å². The number of carbonyl (C=O) groups excluding carboxylic acids is 1. The van der Waals surface area contributed by atoms with Crippen molar-refractivity contribution in [3.05, 3.63) is 62.9 Å². The van der Waals surface area contributed by atoms with E-state index in [0.717, 1.165) is 12.1 Å². The molecule has 0 saturated heterocycles. The zero-order valence-corrected chi connectivity index (χ0v) is 12.1. The smallest absolute Gasteiger partial charge is 0.423 e. The first-order valence-corrected chi connectivity index (χ1v) is 6.58. The number of benzene rings is 2. The number of rotatable bonds is 4. The second-order valence-electron chi connectivity index (χ2n) is 4.48. The molecular formula is C13H9BClFN2O5. The zero-order chi connectivity index (χ0) is 17.1. The Morgan fingerprint density at radius 3 is 2.52 bits per heavy atom. The summed E-state index contributed by atoms with van der Waals surface area (Å²) in [5.41, 5.74) is -0.718. The molecule has 0 aromatic heterocycles. The van der Waals surface area contributed by atoms with Crippen LogP contribution < -0.4 is 10.8 Å². The van der Waals surface area contributed by atoms with Crippen LogP contribution in [0.3, 0.4) is 0 Å². The van der Waals surface area contributed by atoms with Crippen molar-refractivity contribution in [3.8, 4) is 0 Å². The number of nitrogens with one attached hydrogen (secondary N) is 1. The number of amides is 1. The molecule has 10 heteroatoms. The van der Waals surface area contributed by atoms with Crippen LogP contribution in [0.15, 0.2) is 36.4 Å². The van der Waals surface area contributed by atoms with Gasteiger partial charge >= 0.3 is 7.12 Å². The highest BCUT2D eigenvalue weighted by Crippen LogP contribution is 2.25. The summed E-state index contributed by atoms with van der Waals surface area (Å²) in [5.74, 6) is -1.53. The predicted octanol–water partition coefficient (Wildman–Crippen LogP) is 1.32. The molecule has 0 aliphatic heterocycles. The molecule has 118 valence electrons. The number of hydrogen-bond donors (Lipinski definition) is 3. The monoisotopic (exact) mass is 338 g/mol. The third-order valence-corrected chi connectivity index (χ3v) is 3.27. The maximum atomic E-state index is 13.1. The Bertz CT molecular complexity index is 787. The molecule has 2 aromatic carbocycles. The van der Waals surface area contributed by atoms with E-state index < -0.39 is 29.5 Å². The standard InChI is InChI=1S/C13H9BClFN2O5/c15-10-5-7(1-3-9(10)14(20)21)13(19)17-11-4-2-8(16)6-12(11)18(22)23/h1-6,20-21H,(H,17,19). The molecule has 23 heavy (non-hydrogen) atoms. The molecule has 3 N–H and O–H groups in total. The van der Waals surface area contributed by atoms with Crippen LogP contribution in [0.2, 0.25) is 5.02 Å². The van der Waals surface area contributed by atoms with Gasteiger partial charge in [0.2, 0.25) is 0 Å². The summed E-state index contributed by atoms with van der Waals surface area (Å²) in [6.45, 7) is 0. The number of hydrogen-bond acceptors (Lipinski definition) is 5. The minimum Gasteiger partial charge on any atom is -0.423 e. The fraction of sp³-hybridized carbons (Fsp3) is 0. The third kappa shape index (κ3) is 3.83. The summed E-state index contributed by atoms with van der Waals surface area (Å²) in [6.07, 6.45) is 0. The summed E-state index contributed by atoms with van der Waals surface area (Å²) in [4.78, 5) is 22.2. The number of nitrogens with zero attached hydrogens (tertiary/aromatic N) is 1. The molecule has 0 unspecified atom stereocenters. The molecule has 2 rings (SSSR count). The second-order valence-corrected chi connectivity index (χ2v) is 4.89. The van der Waals surface area contributed by atoms with Gasteiger partial charge < -0.3 is 15.4 Å². The average molecular weight is 338 g/mol. The van der Waals surface area contributed by atoms with Crippen LogP contribution in [0.5, 0.6) is 0 Å². The van der Waals surface area contributed by atoms with Crippen molar-refractivity contribution in [1.82, 2.24) is 0 Å². The fourth-order valence-corrected chi connectivity index (χ4v) is 2.11. The molecule has 0 atom stereocenters. The van der Waals surface area contributed by atoms with Crippen LogP contribution >= 0.6 is 11.6 Å². The van der Waals surface area contributed by atoms with Gasteiger partial charge in [0.1, 0.15) is 11.5 Å². The average Bonchev–Trinajstić information content (AvgIpc) is 2.48. The SMILES string of the molecule is O=C(Nc1ccc(F)cc1[N+](=O)[O-])c1ccc(B(O)O)c(Cl)c1. The largest absolute Gasteiger partial charge is 0.489 e. The maximum absolute atomic E-state index is 13.1. The minimum absolute atomic E-state index is 0.0102. The highest BCUT2D eigenvalue weighted by Gasteiger charge is 2.20. The fourth-order valence-electron chi connectivity index (χ4n) is 1.83. The van der Waals surface area contributed by atoms with Crippen LogP contribution in [0, 0.1) is 15.9 Å². The van der Waals surface area contributed by atoms with Gasteiger partial charge in [-0.05, 0) is 24.3 Å². The highest BCUT2D eigenvalue weighted by molar-refractivity contribution is 6.62. The first-order valence-electron chi connectivity index (χ1n) is 6.20. The van der Waals surface area contributed by atoms with Gasteiger partial charge in [-0.1, -0.05) is 17.7 Å². The van der Waals surface area contributed by atoms with Crippen LogP contribution in [0.4, 0.5) is 15.8 Å². The third-order valence-electron chi connectivity index (χ3n) is 2.95. The van der Waals surface area contributed by atoms with Crippen LogP contribution in [0.1, 0.15) is 10.4 Å². The Morgan fingerprint density at radius 2 is 1.96 bits per heavy atom. The molecule has 1 amide bonds. The Hall–Kier alpha value is -2.49. The molecule has 0 fully saturated rings. The Kier molecular flexibility index (Phi) is 4.94. The number of nitro groups is 1. The van der Waals surface area contributed by atoms with Crippen molar-refractivity contribution in [2.45, 2.75) is 0 Å². The topological polar surface area (TPSA) is 113 Å². The van der Waals surface area contributed by atoms with E-state index in [1.54, 1.807) is 0 Å². The number of nitro benzene ring substituents is 1. The summed E-state index contributed by atoms with van der Waals surface area (Å²) in [6, 6.07) is 6.42. The lowest BCUT2D eigenvalue weighted by Gasteiger charge is -2.08. The van der Waals surface area contributed by atoms with E-state index in [4.69, 9.17) is 21.6 Å². The van der Waals surface area contributed by atoms with E-state index in [9.17, 15) is 19.3 Å². The first-order chi connectivity index (χ1) is 10.8. The van der Waals surface area contributed by atoms with Gasteiger partial charge in [0, 0.05) is 16.0 Å². The van der Waals surface area contributed by atoms with E-state index in [-0.39, 0.29) is 21.7 Å². The van der Waals surface area contributed by atoms with Gasteiger partial charge in [-0.2, -0.15) is 0 Å². The molecule has 0 saturated carbocycles. The predicted molar refractivity (Wildman–Crippen MR) is 82.3 cm³/mol. The lowest BCUT2D eigenvalue weighted by Crippen LogP contribution is -2.31. The first kappa shape index (κ1) is 16.9. The van der Waals surface area contributed by atoms with Crippen molar-refractivity contribution in [2.24, 2.45) is 0 Å². The second kappa shape index (κ2) is 6.74. The maximum Gasteiger partial charge on any atom is 0.489 e. The van der Waals surface area contributed by atoms with Gasteiger partial charge in [-0.3, -0.25) is 14.9 Å². The Balaban J connectivity index is 2.30. The molecule has 7 nitrogen and oxygen atoms in total. The van der Waals surface area contributed by atoms with Crippen LogP contribution in [-0.2, 0) is 0 Å². The van der Waals surface area contributed by atoms with Gasteiger partial charge in [-0.25, -0.2) is 4.39 Å². The lowest BCUT2D eigenvalue weighted by molar-refractivity contribution is -0.384. The van der Waals surface area contributed by atoms with E-state index in [2.05, 4.69) is 5.32 Å². The van der Waals surface area contributed by atoms with Crippen molar-refractivity contribution < 1.29 is 24.2 Å². The van der Waals surface area contributed by atoms with Crippen molar-refractivity contribution in [1.29, 1.82) is 0 Å². The van der Waals surface area contributed by atoms with E-state index >= 15 is 0 Å². The molecular weight excluding hydrogens is 329 g/mol. The number of anilines is 1.